The molecule has 0 radical (unpaired) electrons. The Bertz CT molecular complexity index is 1030. The van der Waals surface area contributed by atoms with Gasteiger partial charge in [-0.25, -0.2) is 8.78 Å². The third-order valence-corrected chi connectivity index (χ3v) is 5.59. The Hall–Kier alpha value is -3.16. The van der Waals surface area contributed by atoms with Gasteiger partial charge in [0.2, 0.25) is 11.8 Å². The van der Waals surface area contributed by atoms with E-state index in [1.54, 1.807) is 23.1 Å². The van der Waals surface area contributed by atoms with E-state index in [2.05, 4.69) is 0 Å². The maximum Gasteiger partial charge on any atom is 0.232 e. The van der Waals surface area contributed by atoms with Crippen molar-refractivity contribution in [1.29, 1.82) is 0 Å². The number of fused-ring (bicyclic) bond motifs is 2. The van der Waals surface area contributed by atoms with Crippen LogP contribution in [0.3, 0.4) is 0 Å². The van der Waals surface area contributed by atoms with Gasteiger partial charge in [0.15, 0.2) is 11.5 Å². The fraction of sp³-hybridized carbons (Fsp3) is 0.333. The highest BCUT2D eigenvalue weighted by Crippen LogP contribution is 2.37. The summed E-state index contributed by atoms with van der Waals surface area (Å²) in [5.41, 5.74) is 1.24. The van der Waals surface area contributed by atoms with Crippen molar-refractivity contribution >= 4 is 23.2 Å². The number of nitrogens with zero attached hydrogens (tertiary/aromatic N) is 2. The highest BCUT2D eigenvalue weighted by Gasteiger charge is 2.40. The Morgan fingerprint density at radius 2 is 1.86 bits per heavy atom. The van der Waals surface area contributed by atoms with E-state index in [0.717, 1.165) is 6.07 Å². The molecular formula is C21H18F2N2O4. The van der Waals surface area contributed by atoms with Crippen LogP contribution in [0.15, 0.2) is 30.3 Å². The molecule has 3 aliphatic heterocycles. The van der Waals surface area contributed by atoms with Crippen LogP contribution in [0.4, 0.5) is 20.2 Å². The molecule has 3 aliphatic rings. The lowest BCUT2D eigenvalue weighted by Gasteiger charge is -2.23. The topological polar surface area (TPSA) is 59.1 Å². The minimum Gasteiger partial charge on any atom is -0.486 e. The third-order valence-electron chi connectivity index (χ3n) is 5.59. The zero-order valence-electron chi connectivity index (χ0n) is 15.5. The summed E-state index contributed by atoms with van der Waals surface area (Å²) < 4.78 is 38.7. The Kier molecular flexibility index (Phi) is 4.15. The van der Waals surface area contributed by atoms with Gasteiger partial charge in [0.05, 0.1) is 11.6 Å². The van der Waals surface area contributed by atoms with E-state index in [1.807, 2.05) is 0 Å². The molecule has 6 nitrogen and oxygen atoms in total. The number of benzene rings is 2. The predicted molar refractivity (Wildman–Crippen MR) is 100 cm³/mol. The number of carbonyl (C=O) groups excluding carboxylic acids is 2. The molecule has 0 aliphatic carbocycles. The molecule has 0 spiro atoms. The van der Waals surface area contributed by atoms with Crippen LogP contribution in [0.25, 0.3) is 0 Å². The Balaban J connectivity index is 1.37. The molecule has 2 aromatic rings. The van der Waals surface area contributed by atoms with Gasteiger partial charge in [-0.05, 0) is 24.6 Å². The fourth-order valence-corrected chi connectivity index (χ4v) is 4.19. The molecule has 5 rings (SSSR count). The van der Waals surface area contributed by atoms with E-state index in [1.165, 1.54) is 11.0 Å². The van der Waals surface area contributed by atoms with Crippen molar-refractivity contribution in [2.24, 2.45) is 5.92 Å². The van der Waals surface area contributed by atoms with Crippen LogP contribution in [0.5, 0.6) is 11.5 Å². The number of carbonyl (C=O) groups is 2. The van der Waals surface area contributed by atoms with Gasteiger partial charge in [0.25, 0.3) is 0 Å². The summed E-state index contributed by atoms with van der Waals surface area (Å²) in [7, 11) is 0. The minimum atomic E-state index is -0.721. The lowest BCUT2D eigenvalue weighted by Crippen LogP contribution is -2.36. The van der Waals surface area contributed by atoms with Gasteiger partial charge in [-0.3, -0.25) is 9.59 Å². The Morgan fingerprint density at radius 1 is 1.07 bits per heavy atom. The largest absolute Gasteiger partial charge is 0.486 e. The second-order valence-electron chi connectivity index (χ2n) is 7.36. The summed E-state index contributed by atoms with van der Waals surface area (Å²) >= 11 is 0. The van der Waals surface area contributed by atoms with Gasteiger partial charge < -0.3 is 19.3 Å². The highest BCUT2D eigenvalue weighted by molar-refractivity contribution is 6.05. The van der Waals surface area contributed by atoms with E-state index in [-0.39, 0.29) is 37.0 Å². The molecule has 3 heterocycles. The first-order chi connectivity index (χ1) is 14.0. The summed E-state index contributed by atoms with van der Waals surface area (Å²) in [4.78, 5) is 28.6. The monoisotopic (exact) mass is 400 g/mol. The number of ether oxygens (including phenoxy) is 2. The number of hydrogen-bond donors (Lipinski definition) is 0. The first kappa shape index (κ1) is 17.9. The van der Waals surface area contributed by atoms with Crippen LogP contribution in [-0.4, -0.2) is 38.1 Å². The molecular weight excluding hydrogens is 382 g/mol. The molecule has 150 valence electrons. The zero-order chi connectivity index (χ0) is 20.1. The fourth-order valence-electron chi connectivity index (χ4n) is 4.19. The standard InChI is InChI=1S/C21H18F2N2O4/c22-13-8-16(23)15-3-4-24(17(15)9-13)21(27)12-7-20(26)25(11-12)14-1-2-18-19(10-14)29-6-5-28-18/h1-2,8-10,12H,3-7,11H2. The zero-order valence-corrected chi connectivity index (χ0v) is 15.5. The highest BCUT2D eigenvalue weighted by atomic mass is 19.1. The lowest BCUT2D eigenvalue weighted by atomic mass is 10.1. The minimum absolute atomic E-state index is 0.0525. The normalized spacial score (nSPS) is 20.2. The van der Waals surface area contributed by atoms with Crippen LogP contribution >= 0.6 is 0 Å². The van der Waals surface area contributed by atoms with Crippen molar-refractivity contribution in [2.45, 2.75) is 12.8 Å². The summed E-state index contributed by atoms with van der Waals surface area (Å²) in [6, 6.07) is 7.24. The van der Waals surface area contributed by atoms with Gasteiger partial charge in [0, 0.05) is 42.9 Å². The molecule has 0 N–H and O–H groups in total. The maximum absolute atomic E-state index is 14.0. The van der Waals surface area contributed by atoms with E-state index in [0.29, 0.717) is 42.4 Å². The van der Waals surface area contributed by atoms with Crippen LogP contribution in [0, 0.1) is 17.6 Å². The maximum atomic E-state index is 14.0. The van der Waals surface area contributed by atoms with E-state index < -0.39 is 17.6 Å². The quantitative estimate of drug-likeness (QED) is 0.778. The molecule has 8 heteroatoms. The first-order valence-electron chi connectivity index (χ1n) is 9.50. The van der Waals surface area contributed by atoms with Crippen molar-refractivity contribution in [2.75, 3.05) is 36.1 Å². The number of anilines is 2. The van der Waals surface area contributed by atoms with Crippen molar-refractivity contribution in [3.8, 4) is 11.5 Å². The lowest BCUT2D eigenvalue weighted by molar-refractivity contribution is -0.124. The van der Waals surface area contributed by atoms with Gasteiger partial charge in [0.1, 0.15) is 24.8 Å². The summed E-state index contributed by atoms with van der Waals surface area (Å²) in [5, 5.41) is 0. The summed E-state index contributed by atoms with van der Waals surface area (Å²) in [5.74, 6) is -1.22. The van der Waals surface area contributed by atoms with Gasteiger partial charge in [-0.15, -0.1) is 0 Å². The molecule has 0 bridgehead atoms. The molecule has 2 amide bonds. The Morgan fingerprint density at radius 3 is 2.69 bits per heavy atom. The van der Waals surface area contributed by atoms with Crippen LogP contribution in [-0.2, 0) is 16.0 Å². The van der Waals surface area contributed by atoms with E-state index >= 15 is 0 Å². The number of halogens is 2. The summed E-state index contributed by atoms with van der Waals surface area (Å²) in [6.07, 6.45) is 0.386. The molecule has 2 aromatic carbocycles. The molecule has 1 unspecified atom stereocenters. The van der Waals surface area contributed by atoms with E-state index in [4.69, 9.17) is 9.47 Å². The van der Waals surface area contributed by atoms with Crippen LogP contribution < -0.4 is 19.3 Å². The molecule has 1 atom stereocenters. The second kappa shape index (κ2) is 6.72. The Labute approximate surface area is 165 Å². The van der Waals surface area contributed by atoms with Crippen LogP contribution in [0.2, 0.25) is 0 Å². The second-order valence-corrected chi connectivity index (χ2v) is 7.36. The molecule has 29 heavy (non-hydrogen) atoms. The summed E-state index contributed by atoms with van der Waals surface area (Å²) in [6.45, 7) is 1.40. The van der Waals surface area contributed by atoms with Crippen LogP contribution in [0.1, 0.15) is 12.0 Å². The molecule has 0 saturated carbocycles. The number of amides is 2. The predicted octanol–water partition coefficient (Wildman–Crippen LogP) is 2.68. The van der Waals surface area contributed by atoms with Crippen molar-refractivity contribution in [1.82, 2.24) is 0 Å². The number of rotatable bonds is 2. The van der Waals surface area contributed by atoms with E-state index in [9.17, 15) is 18.4 Å². The molecule has 1 fully saturated rings. The van der Waals surface area contributed by atoms with Gasteiger partial charge in [-0.2, -0.15) is 0 Å². The number of hydrogen-bond acceptors (Lipinski definition) is 4. The van der Waals surface area contributed by atoms with Gasteiger partial charge in [-0.1, -0.05) is 0 Å². The SMILES string of the molecule is O=C1CC(C(=O)N2CCc3c(F)cc(F)cc32)CN1c1ccc2c(c1)OCCO2. The van der Waals surface area contributed by atoms with Gasteiger partial charge >= 0.3 is 0 Å². The van der Waals surface area contributed by atoms with Crippen molar-refractivity contribution in [3.05, 3.63) is 47.5 Å². The molecule has 0 aromatic heterocycles. The third kappa shape index (κ3) is 2.99. The average Bonchev–Trinajstić information content (AvgIpc) is 3.31. The first-order valence-corrected chi connectivity index (χ1v) is 9.50. The smallest absolute Gasteiger partial charge is 0.232 e. The van der Waals surface area contributed by atoms with Crippen molar-refractivity contribution < 1.29 is 27.8 Å². The molecule has 1 saturated heterocycles. The van der Waals surface area contributed by atoms with Crippen molar-refractivity contribution in [3.63, 3.8) is 0 Å². The average molecular weight is 400 g/mol.